The van der Waals surface area contributed by atoms with E-state index in [-0.39, 0.29) is 17.6 Å². The number of halogens is 1. The van der Waals surface area contributed by atoms with Gasteiger partial charge in [0.05, 0.1) is 11.2 Å². The van der Waals surface area contributed by atoms with Crippen LogP contribution in [0.15, 0.2) is 52.7 Å². The van der Waals surface area contributed by atoms with Gasteiger partial charge in [-0.2, -0.15) is 0 Å². The normalized spacial score (nSPS) is 25.6. The summed E-state index contributed by atoms with van der Waals surface area (Å²) in [7, 11) is -2.09. The summed E-state index contributed by atoms with van der Waals surface area (Å²) >= 11 is 3.45. The highest BCUT2D eigenvalue weighted by atomic mass is 79.9. The van der Waals surface area contributed by atoms with Crippen LogP contribution in [0.5, 0.6) is 0 Å². The fourth-order valence-corrected chi connectivity index (χ4v) is 6.15. The zero-order valence-corrected chi connectivity index (χ0v) is 17.0. The quantitative estimate of drug-likeness (QED) is 0.663. The second-order valence-corrected chi connectivity index (χ2v) is 10.1. The summed E-state index contributed by atoms with van der Waals surface area (Å²) in [4.78, 5) is 26.7. The lowest BCUT2D eigenvalue weighted by Crippen LogP contribution is -2.40. The van der Waals surface area contributed by atoms with E-state index in [0.717, 1.165) is 10.2 Å². The Morgan fingerprint density at radius 2 is 1.92 bits per heavy atom. The lowest BCUT2D eigenvalue weighted by molar-refractivity contribution is -0.133. The smallest absolute Gasteiger partial charge is 0.234 e. The molecule has 1 heterocycles. The Balaban J connectivity index is 1.84. The highest BCUT2D eigenvalue weighted by molar-refractivity contribution is 9.11. The van der Waals surface area contributed by atoms with Crippen molar-refractivity contribution in [1.82, 2.24) is 4.90 Å². The first-order valence-electron chi connectivity index (χ1n) is 8.27. The molecule has 138 valence electrons. The third-order valence-corrected chi connectivity index (χ3v) is 7.44. The highest BCUT2D eigenvalue weighted by Gasteiger charge is 2.54. The van der Waals surface area contributed by atoms with Crippen molar-refractivity contribution in [3.8, 4) is 0 Å². The summed E-state index contributed by atoms with van der Waals surface area (Å²) in [5, 5.41) is 0. The van der Waals surface area contributed by atoms with E-state index in [1.54, 1.807) is 44.3 Å². The summed E-state index contributed by atoms with van der Waals surface area (Å²) in [6.45, 7) is 1.69. The van der Waals surface area contributed by atoms with E-state index in [2.05, 4.69) is 15.9 Å². The number of carbonyl (C=O) groups excluding carboxylic acids is 2. The lowest BCUT2D eigenvalue weighted by Gasteiger charge is -2.29. The van der Waals surface area contributed by atoms with Gasteiger partial charge in [0.2, 0.25) is 5.91 Å². The minimum absolute atomic E-state index is 0.221. The molecular weight excluding hydrogens is 418 g/mol. The second-order valence-electron chi connectivity index (χ2n) is 7.06. The predicted octanol–water partition coefficient (Wildman–Crippen LogP) is 2.95. The number of Topliss-reactive ketones (excluding diaryl/α,β-unsaturated/α-hetero) is 1. The number of carbonyl (C=O) groups is 2. The minimum Gasteiger partial charge on any atom is -0.318 e. The molecule has 1 aliphatic heterocycles. The molecule has 0 bridgehead atoms. The molecule has 2 atom stereocenters. The largest absolute Gasteiger partial charge is 0.318 e. The van der Waals surface area contributed by atoms with Crippen molar-refractivity contribution in [2.45, 2.75) is 13.3 Å². The van der Waals surface area contributed by atoms with Gasteiger partial charge < -0.3 is 4.90 Å². The van der Waals surface area contributed by atoms with Crippen LogP contribution in [0.4, 0.5) is 0 Å². The molecule has 1 aromatic rings. The Morgan fingerprint density at radius 3 is 2.58 bits per heavy atom. The molecule has 0 N–H and O–H groups in total. The van der Waals surface area contributed by atoms with Gasteiger partial charge in [0.15, 0.2) is 15.6 Å². The Kier molecular flexibility index (Phi) is 4.96. The van der Waals surface area contributed by atoms with E-state index in [4.69, 9.17) is 0 Å². The zero-order valence-electron chi connectivity index (χ0n) is 14.6. The van der Waals surface area contributed by atoms with Crippen LogP contribution in [0.25, 0.3) is 0 Å². The van der Waals surface area contributed by atoms with Crippen LogP contribution in [0.2, 0.25) is 0 Å². The highest BCUT2D eigenvalue weighted by Crippen LogP contribution is 2.49. The first-order chi connectivity index (χ1) is 12.1. The zero-order chi connectivity index (χ0) is 19.1. The molecule has 26 heavy (non-hydrogen) atoms. The number of hydrogen-bond donors (Lipinski definition) is 0. The van der Waals surface area contributed by atoms with Gasteiger partial charge in [-0.1, -0.05) is 52.3 Å². The Bertz CT molecular complexity index is 920. The molecule has 3 rings (SSSR count). The Labute approximate surface area is 161 Å². The number of ketones is 1. The van der Waals surface area contributed by atoms with Gasteiger partial charge in [0.25, 0.3) is 0 Å². The average Bonchev–Trinajstić information content (AvgIpc) is 2.76. The number of amides is 1. The van der Waals surface area contributed by atoms with E-state index in [0.29, 0.717) is 12.0 Å². The molecule has 1 aromatic carbocycles. The maximum atomic E-state index is 12.8. The van der Waals surface area contributed by atoms with Gasteiger partial charge in [-0.3, -0.25) is 9.59 Å². The van der Waals surface area contributed by atoms with Gasteiger partial charge in [-0.05, 0) is 23.9 Å². The number of hydrogen-bond acceptors (Lipinski definition) is 4. The maximum absolute atomic E-state index is 12.8. The van der Waals surface area contributed by atoms with Crippen LogP contribution >= 0.6 is 15.9 Å². The molecular formula is C19H20BrNO4S. The molecule has 0 spiro atoms. The summed E-state index contributed by atoms with van der Waals surface area (Å²) in [5.74, 6) is -1.83. The van der Waals surface area contributed by atoms with Crippen LogP contribution < -0.4 is 0 Å². The molecule has 1 fully saturated rings. The minimum atomic E-state index is -3.75. The van der Waals surface area contributed by atoms with Gasteiger partial charge in [-0.25, -0.2) is 8.42 Å². The van der Waals surface area contributed by atoms with Crippen molar-refractivity contribution >= 4 is 37.5 Å². The molecule has 2 aliphatic rings. The van der Waals surface area contributed by atoms with Crippen LogP contribution in [0.1, 0.15) is 23.7 Å². The maximum Gasteiger partial charge on any atom is 0.234 e. The number of allylic oxidation sites excluding steroid dienone is 4. The first-order valence-corrected chi connectivity index (χ1v) is 10.9. The van der Waals surface area contributed by atoms with Crippen LogP contribution in [-0.2, 0) is 14.6 Å². The third-order valence-electron chi connectivity index (χ3n) is 5.11. The number of sulfone groups is 1. The molecule has 2 unspecified atom stereocenters. The Hall–Kier alpha value is -1.73. The average molecular weight is 438 g/mol. The number of likely N-dealkylation sites (tertiary alicyclic amines) is 1. The van der Waals surface area contributed by atoms with Crippen molar-refractivity contribution in [2.75, 3.05) is 18.6 Å². The van der Waals surface area contributed by atoms with Crippen molar-refractivity contribution in [2.24, 2.45) is 11.3 Å². The summed E-state index contributed by atoms with van der Waals surface area (Å²) < 4.78 is 26.4. The monoisotopic (exact) mass is 437 g/mol. The number of fused-ring (bicyclic) bond motifs is 1. The standard InChI is InChI=1S/C19H20BrNO4S/c1-19(15-10-14(20)8-9-16(15)21(2)18(19)23)12-26(24,25)11-17(22)13-6-4-3-5-7-13/h3-9,15H,10-12H2,1-2H3. The molecule has 1 aliphatic carbocycles. The molecule has 5 nitrogen and oxygen atoms in total. The first kappa shape index (κ1) is 19.0. The molecule has 0 aromatic heterocycles. The lowest BCUT2D eigenvalue weighted by atomic mass is 9.76. The van der Waals surface area contributed by atoms with Crippen LogP contribution in [-0.4, -0.2) is 43.6 Å². The van der Waals surface area contributed by atoms with Gasteiger partial charge in [0, 0.05) is 24.2 Å². The van der Waals surface area contributed by atoms with E-state index in [1.165, 1.54) is 4.90 Å². The second kappa shape index (κ2) is 6.78. The molecule has 1 saturated heterocycles. The van der Waals surface area contributed by atoms with Crippen LogP contribution in [0.3, 0.4) is 0 Å². The Morgan fingerprint density at radius 1 is 1.27 bits per heavy atom. The third kappa shape index (κ3) is 3.42. The van der Waals surface area contributed by atoms with Crippen molar-refractivity contribution < 1.29 is 18.0 Å². The number of rotatable bonds is 5. The molecule has 1 amide bonds. The summed E-state index contributed by atoms with van der Waals surface area (Å²) in [6.07, 6.45) is 4.30. The number of benzene rings is 1. The van der Waals surface area contributed by atoms with Crippen LogP contribution in [0, 0.1) is 11.3 Å². The van der Waals surface area contributed by atoms with E-state index >= 15 is 0 Å². The summed E-state index contributed by atoms with van der Waals surface area (Å²) in [5.41, 5.74) is 0.106. The SMILES string of the molecule is CN1C(=O)C(C)(CS(=O)(=O)CC(=O)c2ccccc2)C2CC(Br)=CC=C21. The van der Waals surface area contributed by atoms with E-state index in [1.807, 2.05) is 12.2 Å². The van der Waals surface area contributed by atoms with Crippen molar-refractivity contribution in [3.63, 3.8) is 0 Å². The van der Waals surface area contributed by atoms with Crippen molar-refractivity contribution in [3.05, 3.63) is 58.2 Å². The summed E-state index contributed by atoms with van der Waals surface area (Å²) in [6, 6.07) is 8.34. The molecule has 7 heteroatoms. The predicted molar refractivity (Wildman–Crippen MR) is 104 cm³/mol. The van der Waals surface area contributed by atoms with E-state index < -0.39 is 26.8 Å². The number of nitrogens with zero attached hydrogens (tertiary/aromatic N) is 1. The van der Waals surface area contributed by atoms with Gasteiger partial charge in [0.1, 0.15) is 5.75 Å². The fraction of sp³-hybridized carbons (Fsp3) is 0.368. The van der Waals surface area contributed by atoms with Gasteiger partial charge in [-0.15, -0.1) is 0 Å². The van der Waals surface area contributed by atoms with E-state index in [9.17, 15) is 18.0 Å². The van der Waals surface area contributed by atoms with Crippen molar-refractivity contribution in [1.29, 1.82) is 0 Å². The van der Waals surface area contributed by atoms with Gasteiger partial charge >= 0.3 is 0 Å². The topological polar surface area (TPSA) is 71.5 Å². The molecule has 0 radical (unpaired) electrons. The molecule has 0 saturated carbocycles. The fourth-order valence-electron chi connectivity index (χ4n) is 3.78.